The molecule has 0 amide bonds. The predicted molar refractivity (Wildman–Crippen MR) is 101 cm³/mol. The Morgan fingerprint density at radius 2 is 1.92 bits per heavy atom. The lowest BCUT2D eigenvalue weighted by Gasteiger charge is -2.32. The molecule has 5 nitrogen and oxygen atoms in total. The Hall–Kier alpha value is -2.50. The van der Waals surface area contributed by atoms with Crippen molar-refractivity contribution < 1.29 is 4.74 Å². The van der Waals surface area contributed by atoms with E-state index in [0.717, 1.165) is 32.5 Å². The molecule has 134 valence electrons. The third-order valence-corrected chi connectivity index (χ3v) is 4.80. The molecule has 0 bridgehead atoms. The molecule has 1 saturated heterocycles. The van der Waals surface area contributed by atoms with Crippen LogP contribution in [-0.2, 0) is 17.8 Å². The van der Waals surface area contributed by atoms with Crippen molar-refractivity contribution in [1.29, 1.82) is 0 Å². The molecule has 2 atom stereocenters. The molecule has 1 N–H and O–H groups in total. The second-order valence-corrected chi connectivity index (χ2v) is 6.73. The third kappa shape index (κ3) is 4.18. The molecule has 1 fully saturated rings. The number of rotatable bonds is 6. The quantitative estimate of drug-likeness (QED) is 0.742. The molecular weight excluding hydrogens is 324 g/mol. The molecule has 1 aliphatic heterocycles. The van der Waals surface area contributed by atoms with Crippen molar-refractivity contribution in [1.82, 2.24) is 20.1 Å². The normalized spacial score (nSPS) is 20.2. The average Bonchev–Trinajstić information content (AvgIpc) is 3.15. The largest absolute Gasteiger partial charge is 0.372 e. The smallest absolute Gasteiger partial charge is 0.0978 e. The molecule has 1 aliphatic rings. The molecule has 1 aromatic carbocycles. The molecule has 3 aromatic rings. The van der Waals surface area contributed by atoms with Gasteiger partial charge in [0.1, 0.15) is 0 Å². The van der Waals surface area contributed by atoms with Crippen molar-refractivity contribution in [2.24, 2.45) is 0 Å². The summed E-state index contributed by atoms with van der Waals surface area (Å²) in [7, 11) is 0. The minimum Gasteiger partial charge on any atom is -0.372 e. The maximum absolute atomic E-state index is 6.04. The summed E-state index contributed by atoms with van der Waals surface area (Å²) in [6, 6.07) is 14.8. The van der Waals surface area contributed by atoms with Gasteiger partial charge in [0, 0.05) is 43.3 Å². The van der Waals surface area contributed by atoms with Gasteiger partial charge in [-0.15, -0.1) is 0 Å². The zero-order valence-corrected chi connectivity index (χ0v) is 14.8. The van der Waals surface area contributed by atoms with Crippen molar-refractivity contribution in [2.75, 3.05) is 6.61 Å². The lowest BCUT2D eigenvalue weighted by molar-refractivity contribution is -0.0112. The summed E-state index contributed by atoms with van der Waals surface area (Å²) in [5, 5.41) is 8.15. The first-order chi connectivity index (χ1) is 12.9. The predicted octanol–water partition coefficient (Wildman–Crippen LogP) is 3.34. The van der Waals surface area contributed by atoms with Crippen molar-refractivity contribution in [2.45, 2.75) is 38.1 Å². The Bertz CT molecular complexity index is 803. The number of nitrogens with one attached hydrogen (secondary N) is 1. The number of aromatic nitrogens is 3. The number of benzene rings is 1. The zero-order chi connectivity index (χ0) is 17.6. The summed E-state index contributed by atoms with van der Waals surface area (Å²) in [6.45, 7) is 2.41. The van der Waals surface area contributed by atoms with Crippen LogP contribution >= 0.6 is 0 Å². The number of pyridine rings is 1. The summed E-state index contributed by atoms with van der Waals surface area (Å²) < 4.78 is 8.03. The van der Waals surface area contributed by atoms with Crippen molar-refractivity contribution in [3.63, 3.8) is 0 Å². The first-order valence-corrected chi connectivity index (χ1v) is 9.19. The van der Waals surface area contributed by atoms with E-state index < -0.39 is 0 Å². The van der Waals surface area contributed by atoms with E-state index in [4.69, 9.17) is 4.74 Å². The summed E-state index contributed by atoms with van der Waals surface area (Å²) in [6.07, 6.45) is 10.0. The SMILES string of the molecule is c1ccc(Cn2cc(CN[C@H]3CCCO[C@@H]3c3ccncc3)cn2)cc1. The summed E-state index contributed by atoms with van der Waals surface area (Å²) in [5.41, 5.74) is 3.64. The van der Waals surface area contributed by atoms with Gasteiger partial charge in [-0.2, -0.15) is 5.10 Å². The first kappa shape index (κ1) is 16.9. The van der Waals surface area contributed by atoms with Crippen LogP contribution in [0.4, 0.5) is 0 Å². The Balaban J connectivity index is 1.37. The Morgan fingerprint density at radius 3 is 2.77 bits per heavy atom. The fourth-order valence-corrected chi connectivity index (χ4v) is 3.48. The lowest BCUT2D eigenvalue weighted by Crippen LogP contribution is -2.39. The van der Waals surface area contributed by atoms with Crippen LogP contribution in [0.15, 0.2) is 67.3 Å². The number of nitrogens with zero attached hydrogens (tertiary/aromatic N) is 3. The molecule has 0 spiro atoms. The Labute approximate surface area is 154 Å². The molecule has 26 heavy (non-hydrogen) atoms. The minimum atomic E-state index is 0.0890. The Kier molecular flexibility index (Phi) is 5.38. The topological polar surface area (TPSA) is 52.0 Å². The Morgan fingerprint density at radius 1 is 1.08 bits per heavy atom. The monoisotopic (exact) mass is 348 g/mol. The molecule has 0 aliphatic carbocycles. The molecule has 5 heteroatoms. The fraction of sp³-hybridized carbons (Fsp3) is 0.333. The van der Waals surface area contributed by atoms with Crippen LogP contribution in [0.3, 0.4) is 0 Å². The second kappa shape index (κ2) is 8.25. The molecule has 0 radical (unpaired) electrons. The van der Waals surface area contributed by atoms with Crippen LogP contribution in [0.1, 0.15) is 35.6 Å². The van der Waals surface area contributed by atoms with Crippen LogP contribution in [0, 0.1) is 0 Å². The summed E-state index contributed by atoms with van der Waals surface area (Å²) in [5.74, 6) is 0. The summed E-state index contributed by atoms with van der Waals surface area (Å²) in [4.78, 5) is 4.11. The van der Waals surface area contributed by atoms with Gasteiger partial charge in [0.25, 0.3) is 0 Å². The fourth-order valence-electron chi connectivity index (χ4n) is 3.48. The average molecular weight is 348 g/mol. The molecule has 3 heterocycles. The van der Waals surface area contributed by atoms with Crippen LogP contribution in [0.5, 0.6) is 0 Å². The highest BCUT2D eigenvalue weighted by atomic mass is 16.5. The maximum Gasteiger partial charge on any atom is 0.0978 e. The standard InChI is InChI=1S/C21H24N4O/c1-2-5-17(6-3-1)15-25-16-18(14-24-25)13-23-20-7-4-12-26-21(20)19-8-10-22-11-9-19/h1-3,5-6,8-11,14,16,20-21,23H,4,7,12-13,15H2/t20-,21+/m0/s1. The van der Waals surface area contributed by atoms with E-state index in [2.05, 4.69) is 45.9 Å². The van der Waals surface area contributed by atoms with Gasteiger partial charge in [0.15, 0.2) is 0 Å². The lowest BCUT2D eigenvalue weighted by atomic mass is 9.96. The van der Waals surface area contributed by atoms with E-state index in [1.807, 2.05) is 41.5 Å². The molecular formula is C21H24N4O. The van der Waals surface area contributed by atoms with E-state index >= 15 is 0 Å². The van der Waals surface area contributed by atoms with Gasteiger partial charge in [0.05, 0.1) is 18.8 Å². The van der Waals surface area contributed by atoms with Crippen molar-refractivity contribution >= 4 is 0 Å². The first-order valence-electron chi connectivity index (χ1n) is 9.19. The van der Waals surface area contributed by atoms with Crippen LogP contribution in [0.25, 0.3) is 0 Å². The van der Waals surface area contributed by atoms with Crippen LogP contribution < -0.4 is 5.32 Å². The number of hydrogen-bond donors (Lipinski definition) is 1. The van der Waals surface area contributed by atoms with Gasteiger partial charge < -0.3 is 10.1 Å². The van der Waals surface area contributed by atoms with Gasteiger partial charge in [-0.1, -0.05) is 30.3 Å². The summed E-state index contributed by atoms with van der Waals surface area (Å²) >= 11 is 0. The minimum absolute atomic E-state index is 0.0890. The zero-order valence-electron chi connectivity index (χ0n) is 14.8. The highest BCUT2D eigenvalue weighted by molar-refractivity contribution is 5.17. The molecule has 2 aromatic heterocycles. The van der Waals surface area contributed by atoms with Crippen molar-refractivity contribution in [3.8, 4) is 0 Å². The van der Waals surface area contributed by atoms with Crippen molar-refractivity contribution in [3.05, 3.63) is 83.9 Å². The molecule has 0 unspecified atom stereocenters. The maximum atomic E-state index is 6.04. The molecule has 0 saturated carbocycles. The van der Waals surface area contributed by atoms with Gasteiger partial charge in [-0.05, 0) is 36.1 Å². The highest BCUT2D eigenvalue weighted by Gasteiger charge is 2.27. The van der Waals surface area contributed by atoms with Gasteiger partial charge in [-0.3, -0.25) is 9.67 Å². The number of ether oxygens (including phenoxy) is 1. The van der Waals surface area contributed by atoms with Gasteiger partial charge >= 0.3 is 0 Å². The van der Waals surface area contributed by atoms with E-state index in [1.165, 1.54) is 16.7 Å². The van der Waals surface area contributed by atoms with E-state index in [1.54, 1.807) is 0 Å². The highest BCUT2D eigenvalue weighted by Crippen LogP contribution is 2.28. The molecule has 4 rings (SSSR count). The van der Waals surface area contributed by atoms with E-state index in [-0.39, 0.29) is 6.10 Å². The third-order valence-electron chi connectivity index (χ3n) is 4.80. The van der Waals surface area contributed by atoms with E-state index in [0.29, 0.717) is 6.04 Å². The van der Waals surface area contributed by atoms with Gasteiger partial charge in [0.2, 0.25) is 0 Å². The van der Waals surface area contributed by atoms with Crippen LogP contribution in [0.2, 0.25) is 0 Å². The van der Waals surface area contributed by atoms with Gasteiger partial charge in [-0.25, -0.2) is 0 Å². The van der Waals surface area contributed by atoms with E-state index in [9.17, 15) is 0 Å². The van der Waals surface area contributed by atoms with Crippen LogP contribution in [-0.4, -0.2) is 27.4 Å². The second-order valence-electron chi connectivity index (χ2n) is 6.73. The number of hydrogen-bond acceptors (Lipinski definition) is 4.